The normalized spacial score (nSPS) is 37.7. The van der Waals surface area contributed by atoms with E-state index in [2.05, 4.69) is 40.8 Å². The first-order chi connectivity index (χ1) is 8.22. The predicted octanol–water partition coefficient (Wildman–Crippen LogP) is 5.22. The Morgan fingerprint density at radius 1 is 1.06 bits per heavy atom. The highest BCUT2D eigenvalue weighted by Crippen LogP contribution is 2.49. The zero-order chi connectivity index (χ0) is 13.6. The van der Waals surface area contributed by atoms with Gasteiger partial charge in [-0.25, -0.2) is 0 Å². The van der Waals surface area contributed by atoms with Crippen molar-refractivity contribution in [1.29, 1.82) is 0 Å². The van der Waals surface area contributed by atoms with Gasteiger partial charge in [0, 0.05) is 6.10 Å². The molecule has 4 unspecified atom stereocenters. The van der Waals surface area contributed by atoms with Gasteiger partial charge in [0.05, 0.1) is 0 Å². The van der Waals surface area contributed by atoms with Crippen LogP contribution in [0.3, 0.4) is 0 Å². The standard InChI is InChI=1S/C16H32OSi/c1-12-14-10-8-7-9-13(14)11-15(12)17-18(5,6)16(2,3)4/h12-15H,7-11H2,1-6H3. The SMILES string of the molecule is CC1C(O[Si](C)(C)C(C)(C)C)CC2CCCCC21. The largest absolute Gasteiger partial charge is 0.414 e. The topological polar surface area (TPSA) is 9.23 Å². The van der Waals surface area contributed by atoms with E-state index in [-0.39, 0.29) is 0 Å². The van der Waals surface area contributed by atoms with Crippen molar-refractivity contribution < 1.29 is 4.43 Å². The molecule has 2 aliphatic rings. The Bertz CT molecular complexity index is 292. The molecule has 0 amide bonds. The molecule has 0 aromatic carbocycles. The summed E-state index contributed by atoms with van der Waals surface area (Å²) in [6, 6.07) is 0. The Morgan fingerprint density at radius 2 is 1.67 bits per heavy atom. The van der Waals surface area contributed by atoms with Crippen molar-refractivity contribution in [2.24, 2.45) is 17.8 Å². The van der Waals surface area contributed by atoms with Gasteiger partial charge in [-0.2, -0.15) is 0 Å². The highest BCUT2D eigenvalue weighted by Gasteiger charge is 2.46. The van der Waals surface area contributed by atoms with Crippen LogP contribution in [0.4, 0.5) is 0 Å². The fourth-order valence-electron chi connectivity index (χ4n) is 3.72. The van der Waals surface area contributed by atoms with Crippen LogP contribution < -0.4 is 0 Å². The third-order valence-electron chi connectivity index (χ3n) is 6.02. The van der Waals surface area contributed by atoms with Gasteiger partial charge < -0.3 is 4.43 Å². The Kier molecular flexibility index (Phi) is 4.00. The summed E-state index contributed by atoms with van der Waals surface area (Å²) in [5.74, 6) is 2.74. The summed E-state index contributed by atoms with van der Waals surface area (Å²) in [5, 5.41) is 0.348. The molecule has 0 aromatic heterocycles. The van der Waals surface area contributed by atoms with Crippen LogP contribution in [-0.4, -0.2) is 14.4 Å². The zero-order valence-electron chi connectivity index (χ0n) is 13.3. The third kappa shape index (κ3) is 2.70. The summed E-state index contributed by atoms with van der Waals surface area (Å²) in [7, 11) is -1.58. The fourth-order valence-corrected chi connectivity index (χ4v) is 5.14. The van der Waals surface area contributed by atoms with Crippen LogP contribution >= 0.6 is 0 Å². The monoisotopic (exact) mass is 268 g/mol. The first-order valence-electron chi connectivity index (χ1n) is 7.90. The van der Waals surface area contributed by atoms with Crippen LogP contribution in [0.1, 0.15) is 59.8 Å². The summed E-state index contributed by atoms with van der Waals surface area (Å²) in [5.41, 5.74) is 0. The van der Waals surface area contributed by atoms with Crippen molar-refractivity contribution in [3.63, 3.8) is 0 Å². The lowest BCUT2D eigenvalue weighted by Crippen LogP contribution is -2.44. The van der Waals surface area contributed by atoms with Crippen LogP contribution in [0.15, 0.2) is 0 Å². The molecule has 0 saturated heterocycles. The molecule has 106 valence electrons. The number of rotatable bonds is 2. The molecule has 0 spiro atoms. The van der Waals surface area contributed by atoms with Gasteiger partial charge in [-0.05, 0) is 48.7 Å². The van der Waals surface area contributed by atoms with E-state index in [1.54, 1.807) is 0 Å². The molecule has 2 rings (SSSR count). The lowest BCUT2D eigenvalue weighted by atomic mass is 9.79. The van der Waals surface area contributed by atoms with E-state index in [1.165, 1.54) is 32.1 Å². The zero-order valence-corrected chi connectivity index (χ0v) is 14.3. The maximum absolute atomic E-state index is 6.71. The van der Waals surface area contributed by atoms with E-state index in [0.29, 0.717) is 11.1 Å². The quantitative estimate of drug-likeness (QED) is 0.624. The van der Waals surface area contributed by atoms with E-state index >= 15 is 0 Å². The summed E-state index contributed by atoms with van der Waals surface area (Å²) < 4.78 is 6.71. The van der Waals surface area contributed by atoms with Crippen LogP contribution in [0.5, 0.6) is 0 Å². The van der Waals surface area contributed by atoms with Gasteiger partial charge in [0.25, 0.3) is 0 Å². The predicted molar refractivity (Wildman–Crippen MR) is 81.3 cm³/mol. The molecule has 0 aromatic rings. The minimum absolute atomic E-state index is 0.348. The molecule has 1 nitrogen and oxygen atoms in total. The van der Waals surface area contributed by atoms with Crippen LogP contribution in [0.2, 0.25) is 18.1 Å². The van der Waals surface area contributed by atoms with Gasteiger partial charge in [-0.15, -0.1) is 0 Å². The number of hydrogen-bond acceptors (Lipinski definition) is 1. The second-order valence-corrected chi connectivity index (χ2v) is 13.0. The molecule has 0 radical (unpaired) electrons. The van der Waals surface area contributed by atoms with E-state index < -0.39 is 8.32 Å². The van der Waals surface area contributed by atoms with Crippen molar-refractivity contribution in [1.82, 2.24) is 0 Å². The van der Waals surface area contributed by atoms with E-state index in [1.807, 2.05) is 0 Å². The summed E-state index contributed by atoms with van der Waals surface area (Å²) in [6.07, 6.45) is 7.74. The fraction of sp³-hybridized carbons (Fsp3) is 1.00. The Balaban J connectivity index is 2.03. The molecule has 0 heterocycles. The van der Waals surface area contributed by atoms with Gasteiger partial charge in [-0.3, -0.25) is 0 Å². The first kappa shape index (κ1) is 14.6. The van der Waals surface area contributed by atoms with E-state index in [4.69, 9.17) is 4.43 Å². The molecule has 0 aliphatic heterocycles. The highest BCUT2D eigenvalue weighted by molar-refractivity contribution is 6.74. The maximum Gasteiger partial charge on any atom is 0.192 e. The lowest BCUT2D eigenvalue weighted by Gasteiger charge is -2.39. The Morgan fingerprint density at radius 3 is 2.22 bits per heavy atom. The van der Waals surface area contributed by atoms with Crippen molar-refractivity contribution in [3.05, 3.63) is 0 Å². The highest BCUT2D eigenvalue weighted by atomic mass is 28.4. The molecule has 2 heteroatoms. The van der Waals surface area contributed by atoms with Crippen molar-refractivity contribution >= 4 is 8.32 Å². The summed E-state index contributed by atoms with van der Waals surface area (Å²) in [4.78, 5) is 0. The van der Waals surface area contributed by atoms with Crippen molar-refractivity contribution in [3.8, 4) is 0 Å². The molecule has 2 aliphatic carbocycles. The van der Waals surface area contributed by atoms with E-state index in [0.717, 1.165) is 17.8 Å². The second-order valence-electron chi connectivity index (χ2n) is 8.22. The maximum atomic E-state index is 6.71. The third-order valence-corrected chi connectivity index (χ3v) is 10.5. The Labute approximate surface area is 115 Å². The molecule has 2 saturated carbocycles. The van der Waals surface area contributed by atoms with Gasteiger partial charge in [0.15, 0.2) is 8.32 Å². The number of hydrogen-bond donors (Lipinski definition) is 0. The van der Waals surface area contributed by atoms with Crippen LogP contribution in [0, 0.1) is 17.8 Å². The van der Waals surface area contributed by atoms with Gasteiger partial charge in [-0.1, -0.05) is 47.0 Å². The molecule has 4 atom stereocenters. The first-order valence-corrected chi connectivity index (χ1v) is 10.8. The molecular formula is C16H32OSi. The average Bonchev–Trinajstić information content (AvgIpc) is 2.54. The molecule has 18 heavy (non-hydrogen) atoms. The van der Waals surface area contributed by atoms with Gasteiger partial charge in [0.1, 0.15) is 0 Å². The van der Waals surface area contributed by atoms with Crippen molar-refractivity contribution in [2.75, 3.05) is 0 Å². The van der Waals surface area contributed by atoms with Crippen molar-refractivity contribution in [2.45, 2.75) is 84.0 Å². The van der Waals surface area contributed by atoms with Crippen LogP contribution in [-0.2, 0) is 4.43 Å². The van der Waals surface area contributed by atoms with E-state index in [9.17, 15) is 0 Å². The molecule has 2 fully saturated rings. The smallest absolute Gasteiger partial charge is 0.192 e. The van der Waals surface area contributed by atoms with Gasteiger partial charge >= 0.3 is 0 Å². The summed E-state index contributed by atoms with van der Waals surface area (Å²) >= 11 is 0. The minimum Gasteiger partial charge on any atom is -0.414 e. The Hall–Kier alpha value is 0.177. The minimum atomic E-state index is -1.58. The average molecular weight is 269 g/mol. The van der Waals surface area contributed by atoms with Gasteiger partial charge in [0.2, 0.25) is 0 Å². The number of fused-ring (bicyclic) bond motifs is 1. The summed E-state index contributed by atoms with van der Waals surface area (Å²) in [6.45, 7) is 14.3. The van der Waals surface area contributed by atoms with Crippen LogP contribution in [0.25, 0.3) is 0 Å². The molecular weight excluding hydrogens is 236 g/mol. The second kappa shape index (κ2) is 4.94. The lowest BCUT2D eigenvalue weighted by molar-refractivity contribution is 0.132. The molecule has 0 N–H and O–H groups in total. The molecule has 0 bridgehead atoms.